The minimum atomic E-state index is -3.80. The van der Waals surface area contributed by atoms with Crippen LogP contribution in [0.4, 0.5) is 39.5 Å². The van der Waals surface area contributed by atoms with Gasteiger partial charge in [-0.3, -0.25) is 9.59 Å². The van der Waals surface area contributed by atoms with Crippen LogP contribution in [-0.2, 0) is 53.6 Å². The van der Waals surface area contributed by atoms with Crippen LogP contribution in [0.15, 0.2) is 5.16 Å². The van der Waals surface area contributed by atoms with Gasteiger partial charge < -0.3 is 24.2 Å². The zero-order chi connectivity index (χ0) is 38.6. The molecule has 2 aromatic heterocycles. The van der Waals surface area contributed by atoms with Gasteiger partial charge in [0.25, 0.3) is 11.8 Å². The van der Waals surface area contributed by atoms with Crippen molar-refractivity contribution in [1.82, 2.24) is 19.9 Å². The third-order valence-electron chi connectivity index (χ3n) is 12.6. The molecule has 5 heterocycles. The Kier molecular flexibility index (Phi) is 8.80. The number of carbonyl (C=O) groups excluding carboxylic acids is 2. The molecule has 7 aliphatic rings. The summed E-state index contributed by atoms with van der Waals surface area (Å²) < 4.78 is 104. The second-order valence-electron chi connectivity index (χ2n) is 15.8. The van der Waals surface area contributed by atoms with Crippen molar-refractivity contribution in [2.24, 2.45) is 35.5 Å². The summed E-state index contributed by atoms with van der Waals surface area (Å²) in [6.07, 6.45) is 0.417. The third kappa shape index (κ3) is 6.30. The number of esters is 2. The van der Waals surface area contributed by atoms with Crippen molar-refractivity contribution >= 4 is 39.4 Å². The van der Waals surface area contributed by atoms with Gasteiger partial charge >= 0.3 is 11.9 Å². The molecule has 294 valence electrons. The number of fused-ring (bicyclic) bond motifs is 4. The van der Waals surface area contributed by atoms with Crippen LogP contribution in [-0.4, -0.2) is 106 Å². The number of methoxy groups -OCH3 is 2. The van der Waals surface area contributed by atoms with E-state index in [2.05, 4.69) is 19.9 Å². The fourth-order valence-electron chi connectivity index (χ4n) is 9.23. The first-order valence-electron chi connectivity index (χ1n) is 18.2. The Balaban J connectivity index is 0.000000154. The second kappa shape index (κ2) is 12.8. The summed E-state index contributed by atoms with van der Waals surface area (Å²) in [4.78, 5) is 45.0. The molecular weight excluding hydrogens is 741 g/mol. The molecule has 0 amide bonds. The van der Waals surface area contributed by atoms with Crippen LogP contribution in [0.5, 0.6) is 0 Å². The van der Waals surface area contributed by atoms with Gasteiger partial charge in [0.1, 0.15) is 29.2 Å². The van der Waals surface area contributed by atoms with Gasteiger partial charge in [-0.05, 0) is 55.3 Å². The highest BCUT2D eigenvalue weighted by atomic mass is 32.2. The molecule has 19 heteroatoms. The monoisotopic (exact) mass is 783 g/mol. The van der Waals surface area contributed by atoms with Crippen LogP contribution in [0.1, 0.15) is 55.1 Å². The minimum absolute atomic E-state index is 0.124. The van der Waals surface area contributed by atoms with Crippen LogP contribution in [0.3, 0.4) is 0 Å². The lowest BCUT2D eigenvalue weighted by Gasteiger charge is -2.42. The van der Waals surface area contributed by atoms with Crippen LogP contribution in [0.25, 0.3) is 0 Å². The van der Waals surface area contributed by atoms with E-state index >= 15 is 0 Å². The molecule has 0 N–H and O–H groups in total. The van der Waals surface area contributed by atoms with Crippen LogP contribution >= 0.6 is 0 Å². The van der Waals surface area contributed by atoms with Crippen molar-refractivity contribution in [2.75, 3.05) is 67.9 Å². The molecule has 0 bridgehead atoms. The highest BCUT2D eigenvalue weighted by Crippen LogP contribution is 2.57. The summed E-state index contributed by atoms with van der Waals surface area (Å²) in [6.45, 7) is 4.39. The lowest BCUT2D eigenvalue weighted by molar-refractivity contribution is -0.142. The highest BCUT2D eigenvalue weighted by molar-refractivity contribution is 7.90. The maximum atomic E-state index is 14.4. The van der Waals surface area contributed by atoms with E-state index < -0.39 is 44.7 Å². The predicted molar refractivity (Wildman–Crippen MR) is 182 cm³/mol. The highest BCUT2D eigenvalue weighted by Gasteiger charge is 2.58. The molecule has 8 atom stereocenters. The SMILES string of the molecule is COC(=O)CC1[C@H]2CN(c3nc(N4CC(F)C4C)nc4c3CCC4(F)F)C[C@@H]12.COC(=O)CC1[C@H]2CN(c3nc(S(C)(=O)=O)nc4c3CCC4(F)F)C[C@@H]12. The summed E-state index contributed by atoms with van der Waals surface area (Å²) in [6, 6.07) is -0.405. The van der Waals surface area contributed by atoms with Gasteiger partial charge in [-0.2, -0.15) is 22.5 Å². The molecule has 2 aromatic rings. The Hall–Kier alpha value is -3.90. The van der Waals surface area contributed by atoms with E-state index in [4.69, 9.17) is 9.47 Å². The first kappa shape index (κ1) is 37.0. The van der Waals surface area contributed by atoms with Gasteiger partial charge in [0.15, 0.2) is 0 Å². The smallest absolute Gasteiger partial charge is 0.305 e. The first-order valence-corrected chi connectivity index (χ1v) is 20.1. The Labute approximate surface area is 308 Å². The Morgan fingerprint density at radius 2 is 1.19 bits per heavy atom. The third-order valence-corrected chi connectivity index (χ3v) is 13.4. The summed E-state index contributed by atoms with van der Waals surface area (Å²) in [5.41, 5.74) is 0.195. The van der Waals surface area contributed by atoms with E-state index in [1.807, 2.05) is 9.80 Å². The average Bonchev–Trinajstić information content (AvgIpc) is 3.57. The molecule has 3 aliphatic heterocycles. The van der Waals surface area contributed by atoms with Gasteiger partial charge in [0.2, 0.25) is 20.9 Å². The Bertz CT molecular complexity index is 1980. The van der Waals surface area contributed by atoms with Gasteiger partial charge in [-0.25, -0.2) is 27.8 Å². The normalized spacial score (nSPS) is 31.8. The molecule has 0 radical (unpaired) electrons. The molecule has 0 spiro atoms. The van der Waals surface area contributed by atoms with Crippen molar-refractivity contribution in [3.63, 3.8) is 0 Å². The maximum absolute atomic E-state index is 14.4. The first-order chi connectivity index (χ1) is 25.4. The number of sulfone groups is 1. The van der Waals surface area contributed by atoms with Gasteiger partial charge in [-0.15, -0.1) is 0 Å². The molecule has 4 unspecified atom stereocenters. The topological polar surface area (TPSA) is 148 Å². The van der Waals surface area contributed by atoms with E-state index in [-0.39, 0.29) is 73.6 Å². The second-order valence-corrected chi connectivity index (χ2v) is 17.7. The number of alkyl halides is 5. The minimum Gasteiger partial charge on any atom is -0.469 e. The van der Waals surface area contributed by atoms with Crippen molar-refractivity contribution < 1.29 is 49.4 Å². The van der Waals surface area contributed by atoms with E-state index in [9.17, 15) is 40.0 Å². The van der Waals surface area contributed by atoms with Crippen LogP contribution in [0, 0.1) is 35.5 Å². The van der Waals surface area contributed by atoms with Crippen LogP contribution in [0.2, 0.25) is 0 Å². The summed E-state index contributed by atoms with van der Waals surface area (Å²) in [7, 11) is -1.06. The van der Waals surface area contributed by atoms with E-state index in [0.717, 1.165) is 6.26 Å². The fraction of sp³-hybridized carbons (Fsp3) is 0.714. The fourth-order valence-corrected chi connectivity index (χ4v) is 9.74. The molecule has 4 aliphatic carbocycles. The largest absolute Gasteiger partial charge is 0.469 e. The molecular formula is C35H42F5N7O6S. The Morgan fingerprint density at radius 3 is 1.59 bits per heavy atom. The number of anilines is 3. The van der Waals surface area contributed by atoms with Crippen molar-refractivity contribution in [1.29, 1.82) is 0 Å². The molecule has 3 saturated heterocycles. The van der Waals surface area contributed by atoms with Crippen LogP contribution < -0.4 is 14.7 Å². The zero-order valence-electron chi connectivity index (χ0n) is 30.3. The molecule has 5 fully saturated rings. The van der Waals surface area contributed by atoms with Crippen molar-refractivity contribution in [2.45, 2.75) is 74.7 Å². The van der Waals surface area contributed by atoms with Gasteiger partial charge in [0.05, 0.1) is 26.8 Å². The number of carbonyl (C=O) groups is 2. The summed E-state index contributed by atoms with van der Waals surface area (Å²) >= 11 is 0. The van der Waals surface area contributed by atoms with E-state index in [1.165, 1.54) is 14.2 Å². The number of halogens is 5. The average molecular weight is 784 g/mol. The number of hydrogen-bond donors (Lipinski definition) is 0. The molecule has 13 nitrogen and oxygen atoms in total. The van der Waals surface area contributed by atoms with Crippen molar-refractivity contribution in [3.8, 4) is 0 Å². The molecule has 54 heavy (non-hydrogen) atoms. The predicted octanol–water partition coefficient (Wildman–Crippen LogP) is 3.47. The lowest BCUT2D eigenvalue weighted by Crippen LogP contribution is -2.57. The standard InChI is InChI=1S/C19H23F3N4O2.C16H19F2N3O4S/c1-9-14(20)8-26(9)18-23-16-10(3-4-19(16,21)22)17(24-18)25-6-12-11(13(12)7-25)5-15(27)28-2;1-25-12(22)5-9-10-6-21(7-11(9)10)14-8-3-4-16(17,18)13(8)19-15(20-14)26(2,23)24/h9,11-14H,3-8H2,1-2H3;9-11H,3-7H2,1-2H3/t9?,11?,12-,13+,14?;9?,10-,11+. The number of hydrogen-bond acceptors (Lipinski definition) is 13. The van der Waals surface area contributed by atoms with Gasteiger partial charge in [-0.1, -0.05) is 0 Å². The number of nitrogens with zero attached hydrogens (tertiary/aromatic N) is 7. The quantitative estimate of drug-likeness (QED) is 0.219. The van der Waals surface area contributed by atoms with E-state index in [1.54, 1.807) is 11.8 Å². The molecule has 0 aromatic carbocycles. The van der Waals surface area contributed by atoms with Gasteiger partial charge in [0, 0.05) is 69.2 Å². The Morgan fingerprint density at radius 1 is 0.741 bits per heavy atom. The number of piperidine rings is 2. The number of ether oxygens (including phenoxy) is 2. The number of aromatic nitrogens is 4. The van der Waals surface area contributed by atoms with E-state index in [0.29, 0.717) is 79.5 Å². The molecule has 9 rings (SSSR count). The summed E-state index contributed by atoms with van der Waals surface area (Å²) in [5.74, 6) is -3.65. The molecule has 2 saturated carbocycles. The number of rotatable bonds is 8. The lowest BCUT2D eigenvalue weighted by atomic mass is 10.0. The summed E-state index contributed by atoms with van der Waals surface area (Å²) in [5, 5.41) is -0.556. The maximum Gasteiger partial charge on any atom is 0.305 e. The van der Waals surface area contributed by atoms with Crippen molar-refractivity contribution in [3.05, 3.63) is 22.5 Å². The zero-order valence-corrected chi connectivity index (χ0v) is 31.1.